The Morgan fingerprint density at radius 3 is 2.63 bits per heavy atom. The van der Waals surface area contributed by atoms with Crippen LogP contribution < -0.4 is 5.73 Å². The van der Waals surface area contributed by atoms with E-state index in [0.717, 1.165) is 10.5 Å². The van der Waals surface area contributed by atoms with E-state index in [1.165, 1.54) is 6.07 Å². The minimum atomic E-state index is -0.486. The van der Waals surface area contributed by atoms with Crippen LogP contribution >= 0.6 is 23.4 Å². The average molecular weight is 295 g/mol. The predicted molar refractivity (Wildman–Crippen MR) is 78.5 cm³/mol. The Hall–Kier alpha value is -1.72. The highest BCUT2D eigenvalue weighted by atomic mass is 35.5. The van der Waals surface area contributed by atoms with E-state index in [4.69, 9.17) is 17.3 Å². The van der Waals surface area contributed by atoms with Gasteiger partial charge in [-0.1, -0.05) is 29.8 Å². The van der Waals surface area contributed by atoms with E-state index in [1.807, 2.05) is 24.3 Å². The van der Waals surface area contributed by atoms with Crippen LogP contribution in [0, 0.1) is 10.1 Å². The molecule has 2 aromatic carbocycles. The molecular weight excluding hydrogens is 284 g/mol. The Balaban J connectivity index is 2.11. The summed E-state index contributed by atoms with van der Waals surface area (Å²) in [5.74, 6) is 0.659. The molecule has 2 rings (SSSR count). The fourth-order valence-corrected chi connectivity index (χ4v) is 2.76. The van der Waals surface area contributed by atoms with E-state index >= 15 is 0 Å². The molecule has 0 amide bonds. The summed E-state index contributed by atoms with van der Waals surface area (Å²) in [6, 6.07) is 12.3. The standard InChI is InChI=1S/C13H11ClN2O2S/c14-10-3-1-2-4-13(10)19-8-9-5-6-12(16(17)18)11(15)7-9/h1-7H,8,15H2. The molecule has 2 aromatic rings. The maximum absolute atomic E-state index is 10.7. The first-order chi connectivity index (χ1) is 9.08. The maximum atomic E-state index is 10.7. The molecule has 0 radical (unpaired) electrons. The summed E-state index contributed by atoms with van der Waals surface area (Å²) in [5.41, 5.74) is 6.69. The molecule has 2 N–H and O–H groups in total. The van der Waals surface area contributed by atoms with E-state index in [0.29, 0.717) is 10.8 Å². The number of anilines is 1. The van der Waals surface area contributed by atoms with Crippen LogP contribution in [0.25, 0.3) is 0 Å². The first kappa shape index (κ1) is 13.7. The van der Waals surface area contributed by atoms with Gasteiger partial charge in [-0.25, -0.2) is 0 Å². The molecule has 98 valence electrons. The lowest BCUT2D eigenvalue weighted by Gasteiger charge is -2.05. The van der Waals surface area contributed by atoms with Crippen molar-refractivity contribution in [3.63, 3.8) is 0 Å². The van der Waals surface area contributed by atoms with Crippen molar-refractivity contribution in [2.75, 3.05) is 5.73 Å². The number of hydrogen-bond acceptors (Lipinski definition) is 4. The van der Waals surface area contributed by atoms with E-state index in [9.17, 15) is 10.1 Å². The topological polar surface area (TPSA) is 69.2 Å². The third-order valence-electron chi connectivity index (χ3n) is 2.52. The molecule has 0 heterocycles. The Bertz CT molecular complexity index is 619. The molecule has 0 saturated carbocycles. The fraction of sp³-hybridized carbons (Fsp3) is 0.0769. The van der Waals surface area contributed by atoms with Crippen LogP contribution in [-0.4, -0.2) is 4.92 Å². The molecule has 0 atom stereocenters. The van der Waals surface area contributed by atoms with Crippen molar-refractivity contribution in [3.8, 4) is 0 Å². The summed E-state index contributed by atoms with van der Waals surface area (Å²) >= 11 is 7.62. The zero-order valence-electron chi connectivity index (χ0n) is 9.88. The minimum absolute atomic E-state index is 0.0634. The van der Waals surface area contributed by atoms with Crippen molar-refractivity contribution in [1.82, 2.24) is 0 Å². The third kappa shape index (κ3) is 3.39. The van der Waals surface area contributed by atoms with Crippen LogP contribution in [0.1, 0.15) is 5.56 Å². The molecule has 0 fully saturated rings. The zero-order chi connectivity index (χ0) is 13.8. The summed E-state index contributed by atoms with van der Waals surface area (Å²) < 4.78 is 0. The number of benzene rings is 2. The number of nitro groups is 1. The van der Waals surface area contributed by atoms with Crippen molar-refractivity contribution in [2.24, 2.45) is 0 Å². The highest BCUT2D eigenvalue weighted by molar-refractivity contribution is 7.98. The number of nitrogens with zero attached hydrogens (tertiary/aromatic N) is 1. The van der Waals surface area contributed by atoms with Gasteiger partial charge < -0.3 is 5.73 Å². The van der Waals surface area contributed by atoms with Crippen molar-refractivity contribution < 1.29 is 4.92 Å². The van der Waals surface area contributed by atoms with Gasteiger partial charge in [0.2, 0.25) is 0 Å². The summed E-state index contributed by atoms with van der Waals surface area (Å²) in [4.78, 5) is 11.1. The van der Waals surface area contributed by atoms with Gasteiger partial charge in [0.25, 0.3) is 5.69 Å². The second kappa shape index (κ2) is 5.95. The highest BCUT2D eigenvalue weighted by Crippen LogP contribution is 2.31. The largest absolute Gasteiger partial charge is 0.393 e. The summed E-state index contributed by atoms with van der Waals surface area (Å²) in [5, 5.41) is 11.4. The molecule has 19 heavy (non-hydrogen) atoms. The molecule has 4 nitrogen and oxygen atoms in total. The van der Waals surface area contributed by atoms with E-state index in [2.05, 4.69) is 0 Å². The second-order valence-electron chi connectivity index (χ2n) is 3.87. The minimum Gasteiger partial charge on any atom is -0.393 e. The average Bonchev–Trinajstić information content (AvgIpc) is 2.37. The first-order valence-electron chi connectivity index (χ1n) is 5.48. The first-order valence-corrected chi connectivity index (χ1v) is 6.84. The van der Waals surface area contributed by atoms with Crippen LogP contribution in [-0.2, 0) is 5.75 Å². The molecule has 0 aliphatic heterocycles. The summed E-state index contributed by atoms with van der Waals surface area (Å²) in [6.45, 7) is 0. The van der Waals surface area contributed by atoms with Gasteiger partial charge in [-0.15, -0.1) is 11.8 Å². The van der Waals surface area contributed by atoms with Gasteiger partial charge in [0.1, 0.15) is 5.69 Å². The van der Waals surface area contributed by atoms with Crippen molar-refractivity contribution in [2.45, 2.75) is 10.6 Å². The van der Waals surface area contributed by atoms with Gasteiger partial charge >= 0.3 is 0 Å². The predicted octanol–water partition coefficient (Wildman–Crippen LogP) is 4.12. The number of halogens is 1. The molecular formula is C13H11ClN2O2S. The van der Waals surface area contributed by atoms with E-state index in [1.54, 1.807) is 23.9 Å². The van der Waals surface area contributed by atoms with Crippen molar-refractivity contribution in [1.29, 1.82) is 0 Å². The molecule has 0 aromatic heterocycles. The molecule has 0 aliphatic carbocycles. The van der Waals surface area contributed by atoms with Gasteiger partial charge in [0, 0.05) is 16.7 Å². The monoisotopic (exact) mass is 294 g/mol. The van der Waals surface area contributed by atoms with Gasteiger partial charge in [-0.2, -0.15) is 0 Å². The Labute approximate surface area is 119 Å². The lowest BCUT2D eigenvalue weighted by atomic mass is 10.2. The van der Waals surface area contributed by atoms with Gasteiger partial charge in [-0.3, -0.25) is 10.1 Å². The van der Waals surface area contributed by atoms with Crippen molar-refractivity contribution >= 4 is 34.7 Å². The maximum Gasteiger partial charge on any atom is 0.292 e. The second-order valence-corrected chi connectivity index (χ2v) is 5.29. The van der Waals surface area contributed by atoms with E-state index in [-0.39, 0.29) is 11.4 Å². The number of hydrogen-bond donors (Lipinski definition) is 1. The summed E-state index contributed by atoms with van der Waals surface area (Å²) in [7, 11) is 0. The number of nitrogens with two attached hydrogens (primary N) is 1. The Morgan fingerprint density at radius 1 is 1.26 bits per heavy atom. The number of nitrogen functional groups attached to an aromatic ring is 1. The van der Waals surface area contributed by atoms with Crippen LogP contribution in [0.2, 0.25) is 5.02 Å². The van der Waals surface area contributed by atoms with Crippen LogP contribution in [0.3, 0.4) is 0 Å². The highest BCUT2D eigenvalue weighted by Gasteiger charge is 2.11. The quantitative estimate of drug-likeness (QED) is 0.398. The smallest absolute Gasteiger partial charge is 0.292 e. The van der Waals surface area contributed by atoms with Gasteiger partial charge in [-0.05, 0) is 23.8 Å². The molecule has 6 heteroatoms. The molecule has 0 spiro atoms. The van der Waals surface area contributed by atoms with Gasteiger partial charge in [0.05, 0.1) is 9.95 Å². The summed E-state index contributed by atoms with van der Waals surface area (Å²) in [6.07, 6.45) is 0. The lowest BCUT2D eigenvalue weighted by molar-refractivity contribution is -0.383. The fourth-order valence-electron chi connectivity index (χ4n) is 1.58. The number of thioether (sulfide) groups is 1. The molecule has 0 unspecified atom stereocenters. The third-order valence-corrected chi connectivity index (χ3v) is 4.11. The SMILES string of the molecule is Nc1cc(CSc2ccccc2Cl)ccc1[N+](=O)[O-]. The normalized spacial score (nSPS) is 10.4. The Kier molecular flexibility index (Phi) is 4.29. The molecule has 0 saturated heterocycles. The molecule has 0 aliphatic rings. The van der Waals surface area contributed by atoms with Crippen LogP contribution in [0.15, 0.2) is 47.4 Å². The zero-order valence-corrected chi connectivity index (χ0v) is 11.4. The number of nitro benzene ring substituents is 1. The van der Waals surface area contributed by atoms with Crippen LogP contribution in [0.5, 0.6) is 0 Å². The number of rotatable bonds is 4. The molecule has 0 bridgehead atoms. The van der Waals surface area contributed by atoms with Gasteiger partial charge in [0.15, 0.2) is 0 Å². The Morgan fingerprint density at radius 2 is 2.00 bits per heavy atom. The van der Waals surface area contributed by atoms with E-state index < -0.39 is 4.92 Å². The van der Waals surface area contributed by atoms with Crippen LogP contribution in [0.4, 0.5) is 11.4 Å². The van der Waals surface area contributed by atoms with Crippen molar-refractivity contribution in [3.05, 3.63) is 63.2 Å². The lowest BCUT2D eigenvalue weighted by Crippen LogP contribution is -1.96.